The van der Waals surface area contributed by atoms with Crippen LogP contribution in [0.2, 0.25) is 5.02 Å². The molecule has 0 saturated carbocycles. The molecule has 180 valence electrons. The Morgan fingerprint density at radius 1 is 1.32 bits per heavy atom. The number of nitrogens with one attached hydrogen (secondary N) is 2. The Hall–Kier alpha value is -3.76. The highest BCUT2D eigenvalue weighted by Gasteiger charge is 2.17. The van der Waals surface area contributed by atoms with Crippen LogP contribution in [0.3, 0.4) is 0 Å². The van der Waals surface area contributed by atoms with Gasteiger partial charge in [0.25, 0.3) is 0 Å². The quantitative estimate of drug-likeness (QED) is 0.156. The van der Waals surface area contributed by atoms with Crippen molar-refractivity contribution in [2.75, 3.05) is 24.2 Å². The summed E-state index contributed by atoms with van der Waals surface area (Å²) in [7, 11) is 0. The Kier molecular flexibility index (Phi) is 7.98. The summed E-state index contributed by atoms with van der Waals surface area (Å²) < 4.78 is 1.98. The minimum atomic E-state index is -0.574. The minimum Gasteiger partial charge on any atom is -0.507 e. The van der Waals surface area contributed by atoms with E-state index in [1.807, 2.05) is 23.9 Å². The van der Waals surface area contributed by atoms with Crippen molar-refractivity contribution in [3.63, 3.8) is 0 Å². The molecule has 0 fully saturated rings. The molecule has 1 atom stereocenters. The first kappa shape index (κ1) is 24.9. The van der Waals surface area contributed by atoms with Crippen LogP contribution in [-0.4, -0.2) is 43.9 Å². The first-order valence-electron chi connectivity index (χ1n) is 10.6. The van der Waals surface area contributed by atoms with Crippen molar-refractivity contribution in [3.8, 4) is 16.9 Å². The summed E-state index contributed by atoms with van der Waals surface area (Å²) in [6, 6.07) is 7.58. The molecule has 6 N–H and O–H groups in total. The number of phenols is 1. The summed E-state index contributed by atoms with van der Waals surface area (Å²) in [4.78, 5) is 14.3. The molecule has 1 aromatic carbocycles. The number of nitrogens with zero attached hydrogens (tertiary/aromatic N) is 3. The van der Waals surface area contributed by atoms with Gasteiger partial charge in [-0.2, -0.15) is 0 Å². The molecule has 3 aromatic rings. The lowest BCUT2D eigenvalue weighted by Crippen LogP contribution is -2.27. The number of anilines is 2. The molecule has 2 aromatic heterocycles. The number of aryl methyl sites for hydroxylation is 1. The van der Waals surface area contributed by atoms with Crippen LogP contribution >= 0.6 is 11.6 Å². The van der Waals surface area contributed by atoms with Crippen LogP contribution in [0.15, 0.2) is 49.3 Å². The molecule has 0 aliphatic heterocycles. The molecule has 2 heterocycles. The maximum absolute atomic E-state index is 10.9. The number of hydrogen-bond acceptors (Lipinski definition) is 8. The zero-order chi connectivity index (χ0) is 24.8. The second kappa shape index (κ2) is 10.9. The van der Waals surface area contributed by atoms with Crippen molar-refractivity contribution in [3.05, 3.63) is 70.0 Å². The van der Waals surface area contributed by atoms with Gasteiger partial charge in [0.05, 0.1) is 11.5 Å². The van der Waals surface area contributed by atoms with Gasteiger partial charge < -0.3 is 31.1 Å². The maximum Gasteiger partial charge on any atom is 0.311 e. The Balaban J connectivity index is 1.73. The predicted octanol–water partition coefficient (Wildman–Crippen LogP) is 3.84. The topological polar surface area (TPSA) is 151 Å². The molecule has 10 nitrogen and oxygen atoms in total. The van der Waals surface area contributed by atoms with Gasteiger partial charge in [-0.15, -0.1) is 0 Å². The second-order valence-electron chi connectivity index (χ2n) is 7.83. The SMILES string of the molecule is C=C(NC(C)CO)c1cn(CCCNc2ccc([N+](=O)[O-])c(N)n2)cc1-c1ccc(Cl)cc1O. The Labute approximate surface area is 201 Å². The molecule has 11 heteroatoms. The Morgan fingerprint density at radius 3 is 2.74 bits per heavy atom. The van der Waals surface area contributed by atoms with E-state index in [4.69, 9.17) is 17.3 Å². The van der Waals surface area contributed by atoms with Gasteiger partial charge in [0.1, 0.15) is 11.6 Å². The van der Waals surface area contributed by atoms with E-state index in [2.05, 4.69) is 22.2 Å². The molecular formula is C23H27ClN6O4. The highest BCUT2D eigenvalue weighted by molar-refractivity contribution is 6.30. The van der Waals surface area contributed by atoms with Crippen LogP contribution in [-0.2, 0) is 6.54 Å². The first-order valence-corrected chi connectivity index (χ1v) is 11.0. The lowest BCUT2D eigenvalue weighted by atomic mass is 10.0. The number of benzene rings is 1. The number of aromatic hydroxyl groups is 1. The Morgan fingerprint density at radius 2 is 2.09 bits per heavy atom. The van der Waals surface area contributed by atoms with Gasteiger partial charge in [0.15, 0.2) is 0 Å². The fourth-order valence-electron chi connectivity index (χ4n) is 3.44. The van der Waals surface area contributed by atoms with Gasteiger partial charge in [0, 0.05) is 65.0 Å². The van der Waals surface area contributed by atoms with Crippen molar-refractivity contribution in [1.29, 1.82) is 0 Å². The molecule has 34 heavy (non-hydrogen) atoms. The fourth-order valence-corrected chi connectivity index (χ4v) is 3.61. The van der Waals surface area contributed by atoms with E-state index in [0.29, 0.717) is 41.6 Å². The number of hydrogen-bond donors (Lipinski definition) is 5. The van der Waals surface area contributed by atoms with Crippen LogP contribution in [0.5, 0.6) is 5.75 Å². The monoisotopic (exact) mass is 486 g/mol. The molecule has 0 radical (unpaired) electrons. The van der Waals surface area contributed by atoms with E-state index in [0.717, 1.165) is 11.1 Å². The summed E-state index contributed by atoms with van der Waals surface area (Å²) in [6.45, 7) is 7.09. The number of nitrogens with two attached hydrogens (primary N) is 1. The summed E-state index contributed by atoms with van der Waals surface area (Å²) in [5, 5.41) is 37.4. The number of halogens is 1. The van der Waals surface area contributed by atoms with Crippen molar-refractivity contribution in [2.45, 2.75) is 25.9 Å². The fraction of sp³-hybridized carbons (Fsp3) is 0.261. The second-order valence-corrected chi connectivity index (χ2v) is 8.27. The third kappa shape index (κ3) is 5.97. The van der Waals surface area contributed by atoms with Crippen molar-refractivity contribution >= 4 is 34.6 Å². The molecule has 3 rings (SSSR count). The van der Waals surface area contributed by atoms with Gasteiger partial charge in [-0.25, -0.2) is 4.98 Å². The average molecular weight is 487 g/mol. The van der Waals surface area contributed by atoms with Crippen LogP contribution in [0.1, 0.15) is 18.9 Å². The zero-order valence-electron chi connectivity index (χ0n) is 18.7. The van der Waals surface area contributed by atoms with E-state index in [-0.39, 0.29) is 29.9 Å². The zero-order valence-corrected chi connectivity index (χ0v) is 19.4. The number of aromatic nitrogens is 2. The van der Waals surface area contributed by atoms with Crippen LogP contribution in [0.25, 0.3) is 16.8 Å². The van der Waals surface area contributed by atoms with E-state index in [9.17, 15) is 20.3 Å². The highest BCUT2D eigenvalue weighted by Crippen LogP contribution is 2.36. The number of rotatable bonds is 11. The van der Waals surface area contributed by atoms with Gasteiger partial charge in [-0.05, 0) is 37.6 Å². The predicted molar refractivity (Wildman–Crippen MR) is 134 cm³/mol. The van der Waals surface area contributed by atoms with Gasteiger partial charge in [0.2, 0.25) is 5.82 Å². The number of aliphatic hydroxyl groups excluding tert-OH is 1. The normalized spacial score (nSPS) is 11.7. The summed E-state index contributed by atoms with van der Waals surface area (Å²) >= 11 is 5.99. The molecule has 0 bridgehead atoms. The van der Waals surface area contributed by atoms with Gasteiger partial charge >= 0.3 is 5.69 Å². The van der Waals surface area contributed by atoms with Crippen LogP contribution in [0, 0.1) is 10.1 Å². The van der Waals surface area contributed by atoms with Crippen molar-refractivity contribution in [2.24, 2.45) is 0 Å². The van der Waals surface area contributed by atoms with E-state index < -0.39 is 4.92 Å². The van der Waals surface area contributed by atoms with E-state index >= 15 is 0 Å². The Bertz CT molecular complexity index is 1200. The molecule has 0 aliphatic carbocycles. The number of phenolic OH excluding ortho intramolecular Hbond substituents is 1. The highest BCUT2D eigenvalue weighted by atomic mass is 35.5. The van der Waals surface area contributed by atoms with E-state index in [1.165, 1.54) is 18.2 Å². The maximum atomic E-state index is 10.9. The smallest absolute Gasteiger partial charge is 0.311 e. The molecular weight excluding hydrogens is 460 g/mol. The minimum absolute atomic E-state index is 0.0475. The summed E-state index contributed by atoms with van der Waals surface area (Å²) in [5.41, 5.74) is 8.19. The summed E-state index contributed by atoms with van der Waals surface area (Å²) in [5.74, 6) is 0.372. The lowest BCUT2D eigenvalue weighted by Gasteiger charge is -2.15. The third-order valence-electron chi connectivity index (χ3n) is 5.15. The van der Waals surface area contributed by atoms with Crippen molar-refractivity contribution in [1.82, 2.24) is 14.9 Å². The lowest BCUT2D eigenvalue weighted by molar-refractivity contribution is -0.384. The third-order valence-corrected chi connectivity index (χ3v) is 5.38. The van der Waals surface area contributed by atoms with Crippen molar-refractivity contribution < 1.29 is 15.1 Å². The largest absolute Gasteiger partial charge is 0.507 e. The molecule has 0 aliphatic rings. The van der Waals surface area contributed by atoms with Crippen LogP contribution in [0.4, 0.5) is 17.3 Å². The molecule has 0 amide bonds. The molecule has 1 unspecified atom stereocenters. The molecule has 0 spiro atoms. The van der Waals surface area contributed by atoms with Gasteiger partial charge in [-0.1, -0.05) is 18.2 Å². The number of pyridine rings is 1. The first-order chi connectivity index (χ1) is 16.2. The number of aliphatic hydroxyl groups is 1. The summed E-state index contributed by atoms with van der Waals surface area (Å²) in [6.07, 6.45) is 4.55. The average Bonchev–Trinajstić information content (AvgIpc) is 3.20. The van der Waals surface area contributed by atoms with Gasteiger partial charge in [-0.3, -0.25) is 10.1 Å². The number of nitro groups is 1. The molecule has 0 saturated heterocycles. The number of nitrogen functional groups attached to an aromatic ring is 1. The standard InChI is InChI=1S/C23H27ClN6O4/c1-14(13-31)27-15(2)18-11-29(12-19(18)17-5-4-16(24)10-21(17)32)9-3-8-26-22-7-6-20(30(33)34)23(25)28-22/h4-7,10-12,14,27,31-32H,2-3,8-9,13H2,1H3,(H3,25,26,28). The van der Waals surface area contributed by atoms with E-state index in [1.54, 1.807) is 12.1 Å². The van der Waals surface area contributed by atoms with Crippen LogP contribution < -0.4 is 16.4 Å².